The number of amides is 1. The van der Waals surface area contributed by atoms with Crippen LogP contribution in [-0.4, -0.2) is 35.8 Å². The highest BCUT2D eigenvalue weighted by Gasteiger charge is 2.49. The number of carbonyl (C=O) groups is 2. The van der Waals surface area contributed by atoms with Crippen molar-refractivity contribution in [2.24, 2.45) is 5.41 Å². The van der Waals surface area contributed by atoms with Crippen LogP contribution in [0.25, 0.3) is 0 Å². The van der Waals surface area contributed by atoms with E-state index in [1.54, 1.807) is 5.06 Å². The van der Waals surface area contributed by atoms with Crippen molar-refractivity contribution >= 4 is 11.9 Å². The first-order chi connectivity index (χ1) is 17.0. The summed E-state index contributed by atoms with van der Waals surface area (Å²) in [6.07, 6.45) is 6.55. The van der Waals surface area contributed by atoms with E-state index in [2.05, 4.69) is 36.5 Å². The van der Waals surface area contributed by atoms with Gasteiger partial charge in [0.15, 0.2) is 0 Å². The lowest BCUT2D eigenvalue weighted by molar-refractivity contribution is -0.122. The van der Waals surface area contributed by atoms with E-state index in [1.165, 1.54) is 12.0 Å². The smallest absolute Gasteiger partial charge is 0.407 e. The quantitative estimate of drug-likeness (QED) is 0.359. The molecule has 2 aromatic carbocycles. The summed E-state index contributed by atoms with van der Waals surface area (Å²) in [6.45, 7) is 4.49. The molecule has 6 nitrogen and oxygen atoms in total. The molecule has 188 valence electrons. The van der Waals surface area contributed by atoms with E-state index in [1.807, 2.05) is 43.3 Å². The zero-order valence-corrected chi connectivity index (χ0v) is 20.9. The molecule has 0 spiro atoms. The number of ether oxygens (including phenoxy) is 1. The predicted molar refractivity (Wildman–Crippen MR) is 135 cm³/mol. The van der Waals surface area contributed by atoms with Gasteiger partial charge in [0.25, 0.3) is 0 Å². The van der Waals surface area contributed by atoms with Crippen LogP contribution in [0.3, 0.4) is 0 Å². The normalized spacial score (nSPS) is 21.9. The molecule has 2 unspecified atom stereocenters. The summed E-state index contributed by atoms with van der Waals surface area (Å²) in [5.41, 5.74) is 2.45. The van der Waals surface area contributed by atoms with Crippen LogP contribution in [0.15, 0.2) is 60.7 Å². The number of aryl methyl sites for hydroxylation is 1. The molecule has 4 rings (SSSR count). The molecule has 4 atom stereocenters. The molecule has 1 N–H and O–H groups in total. The van der Waals surface area contributed by atoms with Gasteiger partial charge in [-0.25, -0.2) is 4.79 Å². The van der Waals surface area contributed by atoms with E-state index in [-0.39, 0.29) is 17.2 Å². The van der Waals surface area contributed by atoms with E-state index in [9.17, 15) is 9.59 Å². The fourth-order valence-corrected chi connectivity index (χ4v) is 4.90. The summed E-state index contributed by atoms with van der Waals surface area (Å²) in [7, 11) is 0. The van der Waals surface area contributed by atoms with E-state index in [0.29, 0.717) is 13.0 Å². The Kier molecular flexibility index (Phi) is 8.58. The minimum absolute atomic E-state index is 0.0352. The molecule has 0 radical (unpaired) electrons. The number of carbonyl (C=O) groups excluding carboxylic acids is 2. The van der Waals surface area contributed by atoms with E-state index in [4.69, 9.17) is 9.57 Å². The number of Topliss-reactive ketones (excluding diaryl/α,β-unsaturated/α-hetero) is 1. The van der Waals surface area contributed by atoms with Crippen molar-refractivity contribution in [3.63, 3.8) is 0 Å². The average Bonchev–Trinajstić information content (AvgIpc) is 3.67. The standard InChI is InChI=1S/C29H38N2O4/c1-3-4-16-25(26(32)27-31(35-27)22(2)24-14-9-6-10-15-24)30-28(33)34-21-29(18-11-19-29)20-17-23-12-7-5-8-13-23/h5-10,12-15,22,25,27H,3-4,11,16-21H2,1-2H3,(H,30,33)/t22-,25+,27?,31?/m1/s1. The number of benzene rings is 2. The molecule has 1 saturated carbocycles. The summed E-state index contributed by atoms with van der Waals surface area (Å²) >= 11 is 0. The molecular weight excluding hydrogens is 440 g/mol. The highest BCUT2D eigenvalue weighted by Crippen LogP contribution is 2.45. The first kappa shape index (κ1) is 25.4. The third-order valence-electron chi connectivity index (χ3n) is 7.51. The van der Waals surface area contributed by atoms with E-state index < -0.39 is 18.4 Å². The molecule has 1 saturated heterocycles. The lowest BCUT2D eigenvalue weighted by Crippen LogP contribution is -2.45. The van der Waals surface area contributed by atoms with Gasteiger partial charge in [0.05, 0.1) is 18.7 Å². The van der Waals surface area contributed by atoms with Gasteiger partial charge in [-0.1, -0.05) is 86.8 Å². The number of nitrogens with zero attached hydrogens (tertiary/aromatic N) is 1. The molecule has 1 amide bonds. The van der Waals surface area contributed by atoms with Crippen molar-refractivity contribution in [1.29, 1.82) is 0 Å². The van der Waals surface area contributed by atoms with Gasteiger partial charge >= 0.3 is 6.09 Å². The van der Waals surface area contributed by atoms with Gasteiger partial charge in [0, 0.05) is 5.41 Å². The molecule has 1 aliphatic heterocycles. The molecule has 0 bridgehead atoms. The van der Waals surface area contributed by atoms with Crippen LogP contribution < -0.4 is 5.32 Å². The molecular formula is C29H38N2O4. The first-order valence-corrected chi connectivity index (χ1v) is 13.0. The fourth-order valence-electron chi connectivity index (χ4n) is 4.90. The van der Waals surface area contributed by atoms with Crippen LogP contribution in [0.2, 0.25) is 0 Å². The molecule has 6 heteroatoms. The van der Waals surface area contributed by atoms with Gasteiger partial charge in [0.1, 0.15) is 0 Å². The largest absolute Gasteiger partial charge is 0.449 e. The summed E-state index contributed by atoms with van der Waals surface area (Å²) in [5.74, 6) is -0.111. The van der Waals surface area contributed by atoms with Gasteiger partial charge in [-0.05, 0) is 50.2 Å². The van der Waals surface area contributed by atoms with Crippen LogP contribution in [0.1, 0.15) is 76.0 Å². The Morgan fingerprint density at radius 2 is 1.80 bits per heavy atom. The Morgan fingerprint density at radius 3 is 2.43 bits per heavy atom. The SMILES string of the molecule is CCCC[C@H](NC(=O)OCC1(CCc2ccccc2)CCC1)C(=O)C1ON1[C@H](C)c1ccccc1. The number of ketones is 1. The van der Waals surface area contributed by atoms with Crippen molar-refractivity contribution in [2.45, 2.75) is 83.5 Å². The fraction of sp³-hybridized carbons (Fsp3) is 0.517. The maximum Gasteiger partial charge on any atom is 0.407 e. The highest BCUT2D eigenvalue weighted by molar-refractivity contribution is 5.91. The summed E-state index contributed by atoms with van der Waals surface area (Å²) in [6, 6.07) is 19.8. The molecule has 35 heavy (non-hydrogen) atoms. The first-order valence-electron chi connectivity index (χ1n) is 13.0. The predicted octanol–water partition coefficient (Wildman–Crippen LogP) is 5.98. The highest BCUT2D eigenvalue weighted by atomic mass is 16.8. The monoisotopic (exact) mass is 478 g/mol. The van der Waals surface area contributed by atoms with Gasteiger partial charge in [-0.15, -0.1) is 5.06 Å². The number of hydrogen-bond donors (Lipinski definition) is 1. The van der Waals surface area contributed by atoms with Crippen LogP contribution in [0, 0.1) is 5.41 Å². The Labute approximate surface area is 208 Å². The van der Waals surface area contributed by atoms with Crippen molar-refractivity contribution in [3.8, 4) is 0 Å². The maximum absolute atomic E-state index is 13.2. The number of alkyl carbamates (subject to hydrolysis) is 1. The van der Waals surface area contributed by atoms with Gasteiger partial charge < -0.3 is 10.1 Å². The molecule has 2 aromatic rings. The van der Waals surface area contributed by atoms with Crippen LogP contribution in [-0.2, 0) is 20.8 Å². The zero-order valence-electron chi connectivity index (χ0n) is 20.9. The van der Waals surface area contributed by atoms with Crippen molar-refractivity contribution in [1.82, 2.24) is 10.4 Å². The zero-order chi connectivity index (χ0) is 24.7. The topological polar surface area (TPSA) is 70.9 Å². The average molecular weight is 479 g/mol. The maximum atomic E-state index is 13.2. The van der Waals surface area contributed by atoms with Gasteiger partial charge in [-0.2, -0.15) is 0 Å². The number of unbranched alkanes of at least 4 members (excludes halogenated alkanes) is 1. The van der Waals surface area contributed by atoms with Crippen molar-refractivity contribution in [2.75, 3.05) is 6.61 Å². The van der Waals surface area contributed by atoms with Crippen molar-refractivity contribution < 1.29 is 19.2 Å². The number of rotatable bonds is 13. The van der Waals surface area contributed by atoms with Crippen molar-refractivity contribution in [3.05, 3.63) is 71.8 Å². The minimum Gasteiger partial charge on any atom is -0.449 e. The number of hydrogen-bond acceptors (Lipinski definition) is 5. The second-order valence-electron chi connectivity index (χ2n) is 10.1. The Morgan fingerprint density at radius 1 is 1.11 bits per heavy atom. The summed E-state index contributed by atoms with van der Waals surface area (Å²) in [4.78, 5) is 31.5. The van der Waals surface area contributed by atoms with E-state index >= 15 is 0 Å². The number of hydroxylamine groups is 2. The van der Waals surface area contributed by atoms with Gasteiger partial charge in [0.2, 0.25) is 12.0 Å². The minimum atomic E-state index is -0.629. The molecule has 2 aliphatic rings. The summed E-state index contributed by atoms with van der Waals surface area (Å²) in [5, 5.41) is 4.55. The molecule has 0 aromatic heterocycles. The van der Waals surface area contributed by atoms with E-state index in [0.717, 1.165) is 44.1 Å². The third kappa shape index (κ3) is 6.71. The molecule has 2 fully saturated rings. The third-order valence-corrected chi connectivity index (χ3v) is 7.51. The Hall–Kier alpha value is -2.70. The second-order valence-corrected chi connectivity index (χ2v) is 10.1. The van der Waals surface area contributed by atoms with Gasteiger partial charge in [-0.3, -0.25) is 9.63 Å². The van der Waals surface area contributed by atoms with Crippen LogP contribution >= 0.6 is 0 Å². The second kappa shape index (κ2) is 11.8. The Bertz CT molecular complexity index is 961. The number of nitrogens with one attached hydrogen (secondary N) is 1. The lowest BCUT2D eigenvalue weighted by atomic mass is 9.66. The lowest BCUT2D eigenvalue weighted by Gasteiger charge is -2.41. The van der Waals surface area contributed by atoms with Crippen LogP contribution in [0.5, 0.6) is 0 Å². The Balaban J connectivity index is 1.28. The van der Waals surface area contributed by atoms with Crippen LogP contribution in [0.4, 0.5) is 4.79 Å². The summed E-state index contributed by atoms with van der Waals surface area (Å²) < 4.78 is 5.69. The molecule has 1 aliphatic carbocycles. The molecule has 1 heterocycles.